The van der Waals surface area contributed by atoms with Gasteiger partial charge in [0.2, 0.25) is 0 Å². The number of pyridine rings is 1. The summed E-state index contributed by atoms with van der Waals surface area (Å²) in [7, 11) is 1.52. The van der Waals surface area contributed by atoms with Crippen LogP contribution in [0.4, 0.5) is 15.8 Å². The number of hydrogen-bond donors (Lipinski definition) is 2. The number of rotatable bonds is 5. The highest BCUT2D eigenvalue weighted by molar-refractivity contribution is 6.08. The molecule has 1 aromatic heterocycles. The number of ether oxygens (including phenoxy) is 1. The Bertz CT molecular complexity index is 1020. The largest absolute Gasteiger partial charge is 0.495 e. The second kappa shape index (κ2) is 8.30. The van der Waals surface area contributed by atoms with Gasteiger partial charge < -0.3 is 15.4 Å². The molecule has 1 heterocycles. The number of amides is 2. The highest BCUT2D eigenvalue weighted by Gasteiger charge is 2.14. The van der Waals surface area contributed by atoms with Crippen LogP contribution in [0.3, 0.4) is 0 Å². The minimum absolute atomic E-state index is 0.202. The first-order valence-corrected chi connectivity index (χ1v) is 8.44. The molecular formula is C21H18FN3O3. The summed E-state index contributed by atoms with van der Waals surface area (Å²) < 4.78 is 18.2. The fraction of sp³-hybridized carbons (Fsp3) is 0.0952. The quantitative estimate of drug-likeness (QED) is 0.701. The summed E-state index contributed by atoms with van der Waals surface area (Å²) in [4.78, 5) is 28.9. The molecule has 0 fully saturated rings. The fourth-order valence-electron chi connectivity index (χ4n) is 2.54. The van der Waals surface area contributed by atoms with Crippen molar-refractivity contribution < 1.29 is 18.7 Å². The predicted molar refractivity (Wildman–Crippen MR) is 104 cm³/mol. The number of hydrogen-bond acceptors (Lipinski definition) is 4. The summed E-state index contributed by atoms with van der Waals surface area (Å²) in [6.45, 7) is 1.90. The van der Waals surface area contributed by atoms with Gasteiger partial charge in [-0.25, -0.2) is 4.39 Å². The molecule has 2 aromatic carbocycles. The third-order valence-corrected chi connectivity index (χ3v) is 3.97. The molecule has 0 bridgehead atoms. The molecule has 0 saturated heterocycles. The lowest BCUT2D eigenvalue weighted by Gasteiger charge is -2.11. The van der Waals surface area contributed by atoms with Crippen LogP contribution in [-0.2, 0) is 0 Å². The Morgan fingerprint density at radius 1 is 0.929 bits per heavy atom. The topological polar surface area (TPSA) is 80.3 Å². The molecule has 28 heavy (non-hydrogen) atoms. The molecule has 2 amide bonds. The Kier molecular flexibility index (Phi) is 5.64. The van der Waals surface area contributed by atoms with Gasteiger partial charge in [-0.2, -0.15) is 0 Å². The van der Waals surface area contributed by atoms with Crippen LogP contribution in [0, 0.1) is 12.7 Å². The molecule has 0 aliphatic carbocycles. The Labute approximate surface area is 161 Å². The second-order valence-electron chi connectivity index (χ2n) is 6.08. The van der Waals surface area contributed by atoms with E-state index in [1.165, 1.54) is 49.8 Å². The van der Waals surface area contributed by atoms with E-state index in [2.05, 4.69) is 15.6 Å². The van der Waals surface area contributed by atoms with Crippen molar-refractivity contribution >= 4 is 23.2 Å². The predicted octanol–water partition coefficient (Wildman–Crippen LogP) is 4.04. The zero-order chi connectivity index (χ0) is 20.1. The molecule has 0 radical (unpaired) electrons. The number of carbonyl (C=O) groups is 2. The average Bonchev–Trinajstić information content (AvgIpc) is 2.70. The van der Waals surface area contributed by atoms with Crippen molar-refractivity contribution in [2.75, 3.05) is 17.7 Å². The standard InChI is InChI=1S/C21H18FN3O3/c1-13-3-8-19(28-2)18(9-13)25-21(27)15-10-14(11-23-12-15)20(26)24-17-6-4-16(22)5-7-17/h3-12H,1-2H3,(H,24,26)(H,25,27). The van der Waals surface area contributed by atoms with E-state index in [1.807, 2.05) is 13.0 Å². The summed E-state index contributed by atoms with van der Waals surface area (Å²) in [5.41, 5.74) is 2.34. The normalized spacial score (nSPS) is 10.2. The van der Waals surface area contributed by atoms with E-state index in [4.69, 9.17) is 4.74 Å². The van der Waals surface area contributed by atoms with Crippen LogP contribution in [0.15, 0.2) is 60.9 Å². The average molecular weight is 379 g/mol. The molecule has 3 rings (SSSR count). The molecule has 0 aliphatic heterocycles. The molecule has 3 aromatic rings. The highest BCUT2D eigenvalue weighted by atomic mass is 19.1. The van der Waals surface area contributed by atoms with E-state index in [1.54, 1.807) is 12.1 Å². The molecular weight excluding hydrogens is 361 g/mol. The van der Waals surface area contributed by atoms with Crippen LogP contribution in [0.25, 0.3) is 0 Å². The van der Waals surface area contributed by atoms with Gasteiger partial charge in [-0.15, -0.1) is 0 Å². The molecule has 0 spiro atoms. The minimum Gasteiger partial charge on any atom is -0.495 e. The van der Waals surface area contributed by atoms with Gasteiger partial charge in [-0.05, 0) is 55.0 Å². The number of aryl methyl sites for hydroxylation is 1. The van der Waals surface area contributed by atoms with Gasteiger partial charge >= 0.3 is 0 Å². The first kappa shape index (κ1) is 19.0. The summed E-state index contributed by atoms with van der Waals surface area (Å²) in [5.74, 6) is -0.753. The molecule has 6 nitrogen and oxygen atoms in total. The maximum Gasteiger partial charge on any atom is 0.257 e. The Morgan fingerprint density at radius 2 is 1.57 bits per heavy atom. The lowest BCUT2D eigenvalue weighted by Crippen LogP contribution is -2.16. The molecule has 0 unspecified atom stereocenters. The number of nitrogens with zero attached hydrogens (tertiary/aromatic N) is 1. The zero-order valence-electron chi connectivity index (χ0n) is 15.3. The van der Waals surface area contributed by atoms with Crippen molar-refractivity contribution in [3.05, 3.63) is 83.4 Å². The zero-order valence-corrected chi connectivity index (χ0v) is 15.3. The highest BCUT2D eigenvalue weighted by Crippen LogP contribution is 2.25. The van der Waals surface area contributed by atoms with Crippen molar-refractivity contribution in [2.24, 2.45) is 0 Å². The Morgan fingerprint density at radius 3 is 2.21 bits per heavy atom. The first-order valence-electron chi connectivity index (χ1n) is 8.44. The minimum atomic E-state index is -0.457. The van der Waals surface area contributed by atoms with Crippen LogP contribution in [0.2, 0.25) is 0 Å². The molecule has 0 atom stereocenters. The van der Waals surface area contributed by atoms with E-state index >= 15 is 0 Å². The van der Waals surface area contributed by atoms with E-state index in [-0.39, 0.29) is 11.1 Å². The van der Waals surface area contributed by atoms with Crippen molar-refractivity contribution in [2.45, 2.75) is 6.92 Å². The smallest absolute Gasteiger partial charge is 0.257 e. The summed E-state index contributed by atoms with van der Waals surface area (Å²) in [6.07, 6.45) is 2.72. The summed E-state index contributed by atoms with van der Waals surface area (Å²) in [5, 5.41) is 5.39. The number of anilines is 2. The van der Waals surface area contributed by atoms with Gasteiger partial charge in [0.05, 0.1) is 23.9 Å². The van der Waals surface area contributed by atoms with Gasteiger partial charge in [0.15, 0.2) is 0 Å². The number of carbonyl (C=O) groups excluding carboxylic acids is 2. The number of benzene rings is 2. The number of nitrogens with one attached hydrogen (secondary N) is 2. The van der Waals surface area contributed by atoms with Gasteiger partial charge in [-0.1, -0.05) is 6.07 Å². The number of methoxy groups -OCH3 is 1. The monoisotopic (exact) mass is 379 g/mol. The van der Waals surface area contributed by atoms with Crippen molar-refractivity contribution in [1.82, 2.24) is 4.98 Å². The molecule has 2 N–H and O–H groups in total. The molecule has 7 heteroatoms. The lowest BCUT2D eigenvalue weighted by atomic mass is 10.1. The Balaban J connectivity index is 1.77. The van der Waals surface area contributed by atoms with E-state index in [9.17, 15) is 14.0 Å². The molecule has 0 saturated carbocycles. The van der Waals surface area contributed by atoms with Crippen LogP contribution in [-0.4, -0.2) is 23.9 Å². The maximum atomic E-state index is 13.0. The van der Waals surface area contributed by atoms with E-state index < -0.39 is 17.6 Å². The van der Waals surface area contributed by atoms with Crippen molar-refractivity contribution in [1.29, 1.82) is 0 Å². The third kappa shape index (κ3) is 4.50. The second-order valence-corrected chi connectivity index (χ2v) is 6.08. The Hall–Kier alpha value is -3.74. The number of aromatic nitrogens is 1. The van der Waals surface area contributed by atoms with Gasteiger partial charge in [-0.3, -0.25) is 14.6 Å². The van der Waals surface area contributed by atoms with Crippen molar-refractivity contribution in [3.8, 4) is 5.75 Å². The third-order valence-electron chi connectivity index (χ3n) is 3.97. The van der Waals surface area contributed by atoms with Gasteiger partial charge in [0, 0.05) is 18.1 Å². The summed E-state index contributed by atoms with van der Waals surface area (Å²) in [6, 6.07) is 12.2. The lowest BCUT2D eigenvalue weighted by molar-refractivity contribution is 0.102. The van der Waals surface area contributed by atoms with Crippen LogP contribution in [0.1, 0.15) is 26.3 Å². The molecule has 0 aliphatic rings. The van der Waals surface area contributed by atoms with Crippen LogP contribution in [0.5, 0.6) is 5.75 Å². The van der Waals surface area contributed by atoms with Gasteiger partial charge in [0.1, 0.15) is 11.6 Å². The van der Waals surface area contributed by atoms with E-state index in [0.29, 0.717) is 17.1 Å². The number of halogens is 1. The maximum absolute atomic E-state index is 13.0. The van der Waals surface area contributed by atoms with Gasteiger partial charge in [0.25, 0.3) is 11.8 Å². The molecule has 142 valence electrons. The summed E-state index contributed by atoms with van der Waals surface area (Å²) >= 11 is 0. The van der Waals surface area contributed by atoms with Crippen LogP contribution >= 0.6 is 0 Å². The van der Waals surface area contributed by atoms with Crippen LogP contribution < -0.4 is 15.4 Å². The fourth-order valence-corrected chi connectivity index (χ4v) is 2.54. The van der Waals surface area contributed by atoms with Crippen molar-refractivity contribution in [3.63, 3.8) is 0 Å². The van der Waals surface area contributed by atoms with E-state index in [0.717, 1.165) is 5.56 Å². The SMILES string of the molecule is COc1ccc(C)cc1NC(=O)c1cncc(C(=O)Nc2ccc(F)cc2)c1. The first-order chi connectivity index (χ1) is 13.5.